The van der Waals surface area contributed by atoms with E-state index in [0.29, 0.717) is 5.02 Å². The van der Waals surface area contributed by atoms with E-state index in [9.17, 15) is 0 Å². The van der Waals surface area contributed by atoms with Crippen molar-refractivity contribution in [1.82, 2.24) is 10.4 Å². The molecule has 0 atom stereocenters. The van der Waals surface area contributed by atoms with Crippen molar-refractivity contribution in [3.8, 4) is 0 Å². The summed E-state index contributed by atoms with van der Waals surface area (Å²) in [6.07, 6.45) is 2.07. The van der Waals surface area contributed by atoms with Crippen LogP contribution in [0.15, 0.2) is 24.5 Å². The highest BCUT2D eigenvalue weighted by Gasteiger charge is 1.77. The molecule has 1 aromatic rings. The molecule has 0 fully saturated rings. The number of hydrogen-bond acceptors (Lipinski definition) is 3. The van der Waals surface area contributed by atoms with Crippen LogP contribution >= 0.6 is 11.6 Å². The van der Waals surface area contributed by atoms with E-state index < -0.39 is 6.09 Å². The van der Waals surface area contributed by atoms with Gasteiger partial charge in [-0.2, -0.15) is 0 Å². The fourth-order valence-corrected chi connectivity index (χ4v) is 0.471. The molecule has 0 unspecified atom stereocenters. The van der Waals surface area contributed by atoms with Crippen LogP contribution in [0.2, 0.25) is 5.02 Å². The minimum Gasteiger partial charge on any atom is -0.464 e. The van der Waals surface area contributed by atoms with E-state index in [0.717, 1.165) is 0 Å². The second kappa shape index (κ2) is 6.38. The Labute approximate surface area is 74.1 Å². The topological polar surface area (TPSA) is 88.2 Å². The minimum absolute atomic E-state index is 0.683. The van der Waals surface area contributed by atoms with E-state index in [2.05, 4.69) is 10.8 Å². The predicted molar refractivity (Wildman–Crippen MR) is 44.6 cm³/mol. The number of carboxylic acid groups (broad SMARTS) is 1. The van der Waals surface area contributed by atoms with Gasteiger partial charge < -0.3 is 5.11 Å². The van der Waals surface area contributed by atoms with Gasteiger partial charge in [0.2, 0.25) is 0 Å². The second-order valence-corrected chi connectivity index (χ2v) is 2.06. The molecule has 1 rings (SSSR count). The molecule has 1 heterocycles. The Bertz CT molecular complexity index is 229. The fourth-order valence-electron chi connectivity index (χ4n) is 0.342. The Morgan fingerprint density at radius 3 is 2.50 bits per heavy atom. The maximum atomic E-state index is 9.13. The lowest BCUT2D eigenvalue weighted by molar-refractivity contribution is 0.194. The minimum atomic E-state index is -1.22. The number of aromatic nitrogens is 1. The zero-order valence-electron chi connectivity index (χ0n) is 6.07. The van der Waals surface area contributed by atoms with Crippen molar-refractivity contribution in [1.29, 1.82) is 0 Å². The first-order valence-electron chi connectivity index (χ1n) is 2.92. The third-order valence-electron chi connectivity index (χ3n) is 0.749. The summed E-state index contributed by atoms with van der Waals surface area (Å²) in [6.45, 7) is 0. The number of rotatable bonds is 0. The number of hydrazine groups is 1. The van der Waals surface area contributed by atoms with Crippen molar-refractivity contribution in [3.63, 3.8) is 0 Å². The van der Waals surface area contributed by atoms with Crippen LogP contribution in [0.1, 0.15) is 0 Å². The Morgan fingerprint density at radius 2 is 2.33 bits per heavy atom. The van der Waals surface area contributed by atoms with Crippen molar-refractivity contribution < 1.29 is 9.90 Å². The Kier molecular flexibility index (Phi) is 5.68. The number of carbonyl (C=O) groups is 1. The summed E-state index contributed by atoms with van der Waals surface area (Å²) in [4.78, 5) is 12.9. The van der Waals surface area contributed by atoms with Crippen molar-refractivity contribution in [2.24, 2.45) is 5.84 Å². The molecule has 0 radical (unpaired) electrons. The number of hydrogen-bond donors (Lipinski definition) is 3. The van der Waals surface area contributed by atoms with Crippen molar-refractivity contribution in [3.05, 3.63) is 29.5 Å². The van der Waals surface area contributed by atoms with Crippen molar-refractivity contribution in [2.45, 2.75) is 0 Å². The first-order chi connectivity index (χ1) is 5.66. The highest BCUT2D eigenvalue weighted by molar-refractivity contribution is 6.30. The van der Waals surface area contributed by atoms with Gasteiger partial charge >= 0.3 is 6.09 Å². The second-order valence-electron chi connectivity index (χ2n) is 1.62. The molecule has 0 saturated carbocycles. The van der Waals surface area contributed by atoms with Gasteiger partial charge in [0.1, 0.15) is 0 Å². The van der Waals surface area contributed by atoms with Gasteiger partial charge in [0.05, 0.1) is 5.02 Å². The molecule has 0 saturated heterocycles. The van der Waals surface area contributed by atoms with Crippen molar-refractivity contribution in [2.75, 3.05) is 0 Å². The standard InChI is InChI=1S/C5H4ClN.CH4N2O2/c6-5-2-1-3-7-4-5;2-3-1(4)5/h1-4H;3H,2H2,(H,4,5). The van der Waals surface area contributed by atoms with E-state index >= 15 is 0 Å². The Hall–Kier alpha value is -1.33. The molecule has 1 aromatic heterocycles. The molecular formula is C6H8ClN3O2. The predicted octanol–water partition coefficient (Wildman–Crippen LogP) is 0.863. The number of pyridine rings is 1. The summed E-state index contributed by atoms with van der Waals surface area (Å²) in [5.41, 5.74) is 1.44. The van der Waals surface area contributed by atoms with Crippen LogP contribution in [0, 0.1) is 0 Å². The maximum absolute atomic E-state index is 9.13. The van der Waals surface area contributed by atoms with Gasteiger partial charge in [-0.05, 0) is 12.1 Å². The number of nitrogens with one attached hydrogen (secondary N) is 1. The first kappa shape index (κ1) is 10.7. The molecule has 0 aliphatic heterocycles. The Balaban J connectivity index is 0.000000217. The summed E-state index contributed by atoms with van der Waals surface area (Å²) < 4.78 is 0. The normalized spacial score (nSPS) is 7.83. The van der Waals surface area contributed by atoms with E-state index in [-0.39, 0.29) is 0 Å². The quantitative estimate of drug-likeness (QED) is 0.321. The molecule has 12 heavy (non-hydrogen) atoms. The van der Waals surface area contributed by atoms with Gasteiger partial charge in [-0.25, -0.2) is 10.6 Å². The zero-order valence-corrected chi connectivity index (χ0v) is 6.82. The zero-order chi connectivity index (χ0) is 9.40. The molecule has 6 heteroatoms. The molecule has 1 amide bonds. The maximum Gasteiger partial charge on any atom is 0.418 e. The van der Waals surface area contributed by atoms with Crippen LogP contribution in [0.4, 0.5) is 4.79 Å². The van der Waals surface area contributed by atoms with E-state index in [1.54, 1.807) is 24.5 Å². The number of amides is 1. The van der Waals surface area contributed by atoms with Crippen LogP contribution in [-0.2, 0) is 0 Å². The van der Waals surface area contributed by atoms with E-state index in [4.69, 9.17) is 21.5 Å². The summed E-state index contributed by atoms with van der Waals surface area (Å²) in [7, 11) is 0. The highest BCUT2D eigenvalue weighted by atomic mass is 35.5. The van der Waals surface area contributed by atoms with Gasteiger partial charge in [0, 0.05) is 12.4 Å². The summed E-state index contributed by atoms with van der Waals surface area (Å²) >= 11 is 5.48. The van der Waals surface area contributed by atoms with Crippen LogP contribution < -0.4 is 11.3 Å². The molecule has 0 aromatic carbocycles. The smallest absolute Gasteiger partial charge is 0.418 e. The van der Waals surface area contributed by atoms with Gasteiger partial charge in [0.15, 0.2) is 0 Å². The fraction of sp³-hybridized carbons (Fsp3) is 0. The average molecular weight is 190 g/mol. The largest absolute Gasteiger partial charge is 0.464 e. The number of halogens is 1. The van der Waals surface area contributed by atoms with Crippen molar-refractivity contribution >= 4 is 17.7 Å². The van der Waals surface area contributed by atoms with Gasteiger partial charge in [-0.15, -0.1) is 0 Å². The summed E-state index contributed by atoms with van der Waals surface area (Å²) in [5.74, 6) is 4.32. The molecule has 4 N–H and O–H groups in total. The lowest BCUT2D eigenvalue weighted by Crippen LogP contribution is -2.27. The number of nitrogens with two attached hydrogens (primary N) is 1. The number of nitrogens with zero attached hydrogens (tertiary/aromatic N) is 1. The molecule has 0 spiro atoms. The van der Waals surface area contributed by atoms with Crippen LogP contribution in [0.3, 0.4) is 0 Å². The third-order valence-corrected chi connectivity index (χ3v) is 0.972. The summed E-state index contributed by atoms with van der Waals surface area (Å²) in [5, 5.41) is 8.17. The van der Waals surface area contributed by atoms with Crippen LogP contribution in [0.5, 0.6) is 0 Å². The van der Waals surface area contributed by atoms with E-state index in [1.165, 1.54) is 5.43 Å². The van der Waals surface area contributed by atoms with Gasteiger partial charge in [0.25, 0.3) is 0 Å². The first-order valence-corrected chi connectivity index (χ1v) is 3.29. The van der Waals surface area contributed by atoms with Gasteiger partial charge in [-0.3, -0.25) is 10.4 Å². The highest BCUT2D eigenvalue weighted by Crippen LogP contribution is 2.00. The molecule has 0 aliphatic rings. The van der Waals surface area contributed by atoms with Crippen LogP contribution in [0.25, 0.3) is 0 Å². The average Bonchev–Trinajstić information content (AvgIpc) is 2.07. The van der Waals surface area contributed by atoms with Gasteiger partial charge in [-0.1, -0.05) is 11.6 Å². The SMILES string of the molecule is Clc1cccnc1.NNC(=O)O. The van der Waals surface area contributed by atoms with Crippen LogP contribution in [-0.4, -0.2) is 16.2 Å². The summed E-state index contributed by atoms with van der Waals surface area (Å²) in [6, 6.07) is 3.58. The lowest BCUT2D eigenvalue weighted by atomic mass is 10.5. The molecular weight excluding hydrogens is 182 g/mol. The molecule has 5 nitrogen and oxygen atoms in total. The third kappa shape index (κ3) is 6.79. The molecule has 0 bridgehead atoms. The monoisotopic (exact) mass is 189 g/mol. The molecule has 66 valence electrons. The molecule has 0 aliphatic carbocycles. The van der Waals surface area contributed by atoms with E-state index in [1.807, 2.05) is 0 Å². The lowest BCUT2D eigenvalue weighted by Gasteiger charge is -1.79. The Morgan fingerprint density at radius 1 is 1.75 bits per heavy atom.